The first-order valence-corrected chi connectivity index (χ1v) is 6.26. The molecule has 0 aliphatic carbocycles. The van der Waals surface area contributed by atoms with Crippen LogP contribution in [0.1, 0.15) is 32.4 Å². The van der Waals surface area contributed by atoms with Crippen LogP contribution in [0.3, 0.4) is 0 Å². The van der Waals surface area contributed by atoms with E-state index in [0.29, 0.717) is 23.3 Å². The average molecular weight is 271 g/mol. The molecule has 0 saturated heterocycles. The molecule has 0 aliphatic rings. The molecule has 1 amide bonds. The van der Waals surface area contributed by atoms with E-state index in [1.165, 1.54) is 6.92 Å². The number of nitrogens with one attached hydrogen (secondary N) is 2. The van der Waals surface area contributed by atoms with E-state index in [2.05, 4.69) is 10.6 Å². The molecule has 5 heteroatoms. The standard InChI is InChI=1S/C13H19ClN2O2/c1-8(2)15-7-13(18)10-4-5-12(11(14)6-10)16-9(3)17/h4-6,8,13,15,18H,7H2,1-3H3,(H,16,17). The van der Waals surface area contributed by atoms with E-state index in [-0.39, 0.29) is 5.91 Å². The van der Waals surface area contributed by atoms with Crippen molar-refractivity contribution in [3.8, 4) is 0 Å². The number of hydrogen-bond donors (Lipinski definition) is 3. The molecule has 1 aromatic rings. The summed E-state index contributed by atoms with van der Waals surface area (Å²) < 4.78 is 0. The largest absolute Gasteiger partial charge is 0.387 e. The Morgan fingerprint density at radius 1 is 1.44 bits per heavy atom. The van der Waals surface area contributed by atoms with Crippen LogP contribution in [0.15, 0.2) is 18.2 Å². The molecule has 0 aromatic heterocycles. The SMILES string of the molecule is CC(=O)Nc1ccc(C(O)CNC(C)C)cc1Cl. The maximum atomic E-state index is 10.9. The van der Waals surface area contributed by atoms with Crippen LogP contribution >= 0.6 is 11.6 Å². The summed E-state index contributed by atoms with van der Waals surface area (Å²) in [6.07, 6.45) is -0.615. The van der Waals surface area contributed by atoms with Crippen molar-refractivity contribution in [2.24, 2.45) is 0 Å². The third kappa shape index (κ3) is 4.64. The Labute approximate surface area is 112 Å². The number of aliphatic hydroxyl groups excluding tert-OH is 1. The van der Waals surface area contributed by atoms with Crippen molar-refractivity contribution in [1.82, 2.24) is 5.32 Å². The number of aliphatic hydroxyl groups is 1. The van der Waals surface area contributed by atoms with E-state index in [4.69, 9.17) is 11.6 Å². The first-order valence-electron chi connectivity index (χ1n) is 5.88. The Kier molecular flexibility index (Phi) is 5.59. The van der Waals surface area contributed by atoms with E-state index in [1.807, 2.05) is 13.8 Å². The fourth-order valence-corrected chi connectivity index (χ4v) is 1.73. The highest BCUT2D eigenvalue weighted by Crippen LogP contribution is 2.25. The number of rotatable bonds is 5. The third-order valence-corrected chi connectivity index (χ3v) is 2.72. The predicted octanol–water partition coefficient (Wildman–Crippen LogP) is 2.33. The molecule has 0 spiro atoms. The lowest BCUT2D eigenvalue weighted by molar-refractivity contribution is -0.114. The summed E-state index contributed by atoms with van der Waals surface area (Å²) in [6, 6.07) is 5.43. The van der Waals surface area contributed by atoms with Gasteiger partial charge in [-0.1, -0.05) is 31.5 Å². The third-order valence-electron chi connectivity index (χ3n) is 2.41. The summed E-state index contributed by atoms with van der Waals surface area (Å²) in [5, 5.41) is 16.1. The van der Waals surface area contributed by atoms with E-state index in [1.54, 1.807) is 18.2 Å². The minimum absolute atomic E-state index is 0.174. The van der Waals surface area contributed by atoms with Crippen LogP contribution in [0.2, 0.25) is 5.02 Å². The van der Waals surface area contributed by atoms with E-state index in [9.17, 15) is 9.90 Å². The minimum Gasteiger partial charge on any atom is -0.387 e. The summed E-state index contributed by atoms with van der Waals surface area (Å²) in [6.45, 7) is 5.91. The van der Waals surface area contributed by atoms with Gasteiger partial charge < -0.3 is 15.7 Å². The topological polar surface area (TPSA) is 61.4 Å². The smallest absolute Gasteiger partial charge is 0.221 e. The fourth-order valence-electron chi connectivity index (χ4n) is 1.49. The Morgan fingerprint density at radius 2 is 2.11 bits per heavy atom. The van der Waals surface area contributed by atoms with Gasteiger partial charge >= 0.3 is 0 Å². The summed E-state index contributed by atoms with van der Waals surface area (Å²) >= 11 is 6.03. The number of anilines is 1. The van der Waals surface area contributed by atoms with Gasteiger partial charge in [-0.25, -0.2) is 0 Å². The lowest BCUT2D eigenvalue weighted by Crippen LogP contribution is -2.27. The van der Waals surface area contributed by atoms with Crippen LogP contribution in [0.25, 0.3) is 0 Å². The van der Waals surface area contributed by atoms with Crippen molar-refractivity contribution in [3.63, 3.8) is 0 Å². The van der Waals surface area contributed by atoms with Crippen molar-refractivity contribution >= 4 is 23.2 Å². The van der Waals surface area contributed by atoms with Gasteiger partial charge in [0.1, 0.15) is 0 Å². The van der Waals surface area contributed by atoms with Crippen molar-refractivity contribution in [3.05, 3.63) is 28.8 Å². The zero-order chi connectivity index (χ0) is 13.7. The van der Waals surface area contributed by atoms with Crippen molar-refractivity contribution in [1.29, 1.82) is 0 Å². The van der Waals surface area contributed by atoms with Crippen LogP contribution in [-0.4, -0.2) is 23.6 Å². The molecule has 0 fully saturated rings. The van der Waals surface area contributed by atoms with Crippen molar-refractivity contribution in [2.45, 2.75) is 32.9 Å². The van der Waals surface area contributed by atoms with Crippen LogP contribution in [0, 0.1) is 0 Å². The van der Waals surface area contributed by atoms with Gasteiger partial charge in [-0.2, -0.15) is 0 Å². The molecule has 4 nitrogen and oxygen atoms in total. The number of carbonyl (C=O) groups is 1. The number of hydrogen-bond acceptors (Lipinski definition) is 3. The Balaban J connectivity index is 2.73. The highest BCUT2D eigenvalue weighted by molar-refractivity contribution is 6.33. The molecule has 0 saturated carbocycles. The molecule has 0 aliphatic heterocycles. The van der Waals surface area contributed by atoms with Gasteiger partial charge in [-0.3, -0.25) is 4.79 Å². The first kappa shape index (κ1) is 15.0. The zero-order valence-corrected chi connectivity index (χ0v) is 11.6. The molecule has 100 valence electrons. The van der Waals surface area contributed by atoms with Crippen molar-refractivity contribution in [2.75, 3.05) is 11.9 Å². The Hall–Kier alpha value is -1.10. The molecule has 0 radical (unpaired) electrons. The molecule has 0 bridgehead atoms. The first-order chi connectivity index (χ1) is 8.40. The number of benzene rings is 1. The molecular weight excluding hydrogens is 252 g/mol. The molecule has 3 N–H and O–H groups in total. The van der Waals surface area contributed by atoms with Gasteiger partial charge in [-0.05, 0) is 17.7 Å². The maximum Gasteiger partial charge on any atom is 0.221 e. The lowest BCUT2D eigenvalue weighted by atomic mass is 10.1. The molecule has 1 aromatic carbocycles. The molecule has 1 rings (SSSR count). The van der Waals surface area contributed by atoms with Gasteiger partial charge in [0.05, 0.1) is 16.8 Å². The van der Waals surface area contributed by atoms with Crippen LogP contribution < -0.4 is 10.6 Å². The van der Waals surface area contributed by atoms with Crippen LogP contribution in [-0.2, 0) is 4.79 Å². The second kappa shape index (κ2) is 6.73. The quantitative estimate of drug-likeness (QED) is 0.770. The second-order valence-electron chi connectivity index (χ2n) is 4.50. The van der Waals surface area contributed by atoms with Gasteiger partial charge in [0.25, 0.3) is 0 Å². The van der Waals surface area contributed by atoms with Gasteiger partial charge in [0.2, 0.25) is 5.91 Å². The highest BCUT2D eigenvalue weighted by atomic mass is 35.5. The van der Waals surface area contributed by atoms with E-state index < -0.39 is 6.10 Å². The highest BCUT2D eigenvalue weighted by Gasteiger charge is 2.10. The van der Waals surface area contributed by atoms with Crippen LogP contribution in [0.5, 0.6) is 0 Å². The number of carbonyl (C=O) groups excluding carboxylic acids is 1. The normalized spacial score (nSPS) is 12.6. The van der Waals surface area contributed by atoms with Gasteiger partial charge in [0, 0.05) is 19.5 Å². The molecule has 18 heavy (non-hydrogen) atoms. The minimum atomic E-state index is -0.615. The lowest BCUT2D eigenvalue weighted by Gasteiger charge is -2.15. The predicted molar refractivity (Wildman–Crippen MR) is 73.9 cm³/mol. The summed E-state index contributed by atoms with van der Waals surface area (Å²) in [4.78, 5) is 10.9. The zero-order valence-electron chi connectivity index (χ0n) is 10.8. The monoisotopic (exact) mass is 270 g/mol. The average Bonchev–Trinajstić information content (AvgIpc) is 2.28. The molecule has 1 unspecified atom stereocenters. The maximum absolute atomic E-state index is 10.9. The van der Waals surface area contributed by atoms with Gasteiger partial charge in [0.15, 0.2) is 0 Å². The van der Waals surface area contributed by atoms with E-state index in [0.717, 1.165) is 5.56 Å². The Morgan fingerprint density at radius 3 is 2.61 bits per heavy atom. The summed E-state index contributed by atoms with van der Waals surface area (Å²) in [5.74, 6) is -0.174. The summed E-state index contributed by atoms with van der Waals surface area (Å²) in [7, 11) is 0. The molecule has 1 atom stereocenters. The molecular formula is C13H19ClN2O2. The summed E-state index contributed by atoms with van der Waals surface area (Å²) in [5.41, 5.74) is 1.28. The fraction of sp³-hybridized carbons (Fsp3) is 0.462. The Bertz CT molecular complexity index is 421. The second-order valence-corrected chi connectivity index (χ2v) is 4.91. The molecule has 0 heterocycles. The number of halogens is 1. The van der Waals surface area contributed by atoms with Crippen LogP contribution in [0.4, 0.5) is 5.69 Å². The number of amides is 1. The van der Waals surface area contributed by atoms with E-state index >= 15 is 0 Å². The van der Waals surface area contributed by atoms with Gasteiger partial charge in [-0.15, -0.1) is 0 Å². The van der Waals surface area contributed by atoms with Crippen molar-refractivity contribution < 1.29 is 9.90 Å².